The summed E-state index contributed by atoms with van der Waals surface area (Å²) in [6.45, 7) is 0. The number of benzene rings is 1. The molecule has 0 spiro atoms. The summed E-state index contributed by atoms with van der Waals surface area (Å²) in [5.74, 6) is -1.01. The molecule has 8 heteroatoms. The maximum atomic E-state index is 12.5. The number of carbonyl (C=O) groups is 2. The summed E-state index contributed by atoms with van der Waals surface area (Å²) in [6, 6.07) is 6.61. The van der Waals surface area contributed by atoms with Crippen molar-refractivity contribution in [2.24, 2.45) is 0 Å². The van der Waals surface area contributed by atoms with Crippen LogP contribution in [0.5, 0.6) is 11.6 Å². The zero-order chi connectivity index (χ0) is 17.7. The van der Waals surface area contributed by atoms with E-state index in [0.29, 0.717) is 16.7 Å². The number of aliphatic hydroxyl groups is 1. The van der Waals surface area contributed by atoms with Gasteiger partial charge in [-0.05, 0) is 12.1 Å². The number of fused-ring (bicyclic) bond motifs is 2. The molecule has 4 rings (SSSR count). The van der Waals surface area contributed by atoms with Crippen molar-refractivity contribution in [3.05, 3.63) is 41.6 Å². The van der Waals surface area contributed by atoms with Crippen molar-refractivity contribution in [3.8, 4) is 11.6 Å². The number of rotatable bonds is 3. The number of ether oxygens (including phenoxy) is 2. The lowest BCUT2D eigenvalue weighted by Gasteiger charge is -2.17. The fourth-order valence-corrected chi connectivity index (χ4v) is 2.89. The van der Waals surface area contributed by atoms with Gasteiger partial charge < -0.3 is 25.0 Å². The molecular formula is C17H14N2O6. The first-order valence-electron chi connectivity index (χ1n) is 7.56. The summed E-state index contributed by atoms with van der Waals surface area (Å²) in [4.78, 5) is 28.2. The third-order valence-electron chi connectivity index (χ3n) is 4.24. The van der Waals surface area contributed by atoms with Gasteiger partial charge in [-0.25, -0.2) is 4.98 Å². The van der Waals surface area contributed by atoms with Gasteiger partial charge in [0.15, 0.2) is 5.78 Å². The number of aromatic nitrogens is 1. The van der Waals surface area contributed by atoms with Gasteiger partial charge in [0, 0.05) is 11.5 Å². The van der Waals surface area contributed by atoms with Crippen LogP contribution in [0.25, 0.3) is 10.9 Å². The third kappa shape index (κ3) is 2.51. The van der Waals surface area contributed by atoms with Crippen LogP contribution in [0.4, 0.5) is 0 Å². The van der Waals surface area contributed by atoms with E-state index in [-0.39, 0.29) is 17.0 Å². The van der Waals surface area contributed by atoms with E-state index < -0.39 is 30.1 Å². The second-order valence-corrected chi connectivity index (χ2v) is 5.81. The van der Waals surface area contributed by atoms with E-state index in [1.807, 2.05) is 0 Å². The zero-order valence-electron chi connectivity index (χ0n) is 13.1. The zero-order valence-corrected chi connectivity index (χ0v) is 13.1. The number of nitrogens with one attached hydrogen (secondary N) is 1. The molecule has 1 aliphatic carbocycles. The molecule has 2 aliphatic rings. The van der Waals surface area contributed by atoms with Crippen LogP contribution in [0.1, 0.15) is 10.4 Å². The van der Waals surface area contributed by atoms with Gasteiger partial charge in [-0.1, -0.05) is 12.1 Å². The molecule has 3 unspecified atom stereocenters. The molecule has 0 bridgehead atoms. The van der Waals surface area contributed by atoms with E-state index in [1.54, 1.807) is 18.2 Å². The van der Waals surface area contributed by atoms with Crippen molar-refractivity contribution in [1.29, 1.82) is 0 Å². The lowest BCUT2D eigenvalue weighted by Crippen LogP contribution is -2.37. The number of hydrogen-bond donors (Lipinski definition) is 3. The smallest absolute Gasteiger partial charge is 0.261 e. The number of carbonyl (C=O) groups excluding carboxylic acids is 2. The molecule has 3 N–H and O–H groups in total. The molecule has 25 heavy (non-hydrogen) atoms. The highest BCUT2D eigenvalue weighted by Gasteiger charge is 2.53. The first-order chi connectivity index (χ1) is 12.0. The van der Waals surface area contributed by atoms with Crippen LogP contribution in [0.3, 0.4) is 0 Å². The van der Waals surface area contributed by atoms with Crippen molar-refractivity contribution in [2.45, 2.75) is 18.3 Å². The van der Waals surface area contributed by atoms with Crippen LogP contribution >= 0.6 is 0 Å². The summed E-state index contributed by atoms with van der Waals surface area (Å²) in [5, 5.41) is 23.2. The number of para-hydroxylation sites is 1. The minimum atomic E-state index is -1.10. The number of ketones is 1. The SMILES string of the molecule is COc1cccc2cc(C(=O)NC3=CC(=O)C4OC4C3O)c(O)nc12. The second-order valence-electron chi connectivity index (χ2n) is 5.81. The van der Waals surface area contributed by atoms with E-state index in [9.17, 15) is 19.8 Å². The summed E-state index contributed by atoms with van der Waals surface area (Å²) in [6.07, 6.45) is -1.20. The van der Waals surface area contributed by atoms with Crippen LogP contribution in [0, 0.1) is 0 Å². The highest BCUT2D eigenvalue weighted by molar-refractivity contribution is 6.03. The van der Waals surface area contributed by atoms with Crippen LogP contribution in [-0.2, 0) is 9.53 Å². The predicted octanol–water partition coefficient (Wildman–Crippen LogP) is 0.274. The molecule has 1 aliphatic heterocycles. The first kappa shape index (κ1) is 15.6. The van der Waals surface area contributed by atoms with Crippen LogP contribution < -0.4 is 10.1 Å². The third-order valence-corrected chi connectivity index (χ3v) is 4.24. The Morgan fingerprint density at radius 2 is 2.20 bits per heavy atom. The minimum Gasteiger partial charge on any atom is -0.494 e. The average molecular weight is 342 g/mol. The highest BCUT2D eigenvalue weighted by Crippen LogP contribution is 2.34. The number of aliphatic hydroxyl groups excluding tert-OH is 1. The van der Waals surface area contributed by atoms with Crippen molar-refractivity contribution < 1.29 is 29.3 Å². The van der Waals surface area contributed by atoms with Gasteiger partial charge in [0.1, 0.15) is 35.1 Å². The topological polar surface area (TPSA) is 121 Å². The number of epoxide rings is 1. The molecule has 1 aromatic heterocycles. The Balaban J connectivity index is 1.66. The second kappa shape index (κ2) is 5.54. The number of nitrogens with zero attached hydrogens (tertiary/aromatic N) is 1. The van der Waals surface area contributed by atoms with Crippen molar-refractivity contribution in [2.75, 3.05) is 7.11 Å². The Morgan fingerprint density at radius 1 is 1.40 bits per heavy atom. The van der Waals surface area contributed by atoms with Gasteiger partial charge in [0.25, 0.3) is 5.91 Å². The number of hydrogen-bond acceptors (Lipinski definition) is 7. The number of aromatic hydroxyl groups is 1. The van der Waals surface area contributed by atoms with Gasteiger partial charge in [0.05, 0.1) is 12.8 Å². The Hall–Kier alpha value is -2.97. The van der Waals surface area contributed by atoms with E-state index in [4.69, 9.17) is 9.47 Å². The number of amides is 1. The number of methoxy groups -OCH3 is 1. The monoisotopic (exact) mass is 342 g/mol. The molecule has 8 nitrogen and oxygen atoms in total. The van der Waals surface area contributed by atoms with E-state index >= 15 is 0 Å². The molecule has 2 heterocycles. The molecule has 0 saturated carbocycles. The summed E-state index contributed by atoms with van der Waals surface area (Å²) < 4.78 is 10.2. The van der Waals surface area contributed by atoms with Crippen LogP contribution in [-0.4, -0.2) is 52.3 Å². The van der Waals surface area contributed by atoms with Crippen molar-refractivity contribution >= 4 is 22.6 Å². The Kier molecular flexibility index (Phi) is 3.45. The van der Waals surface area contributed by atoms with Gasteiger partial charge >= 0.3 is 0 Å². The van der Waals surface area contributed by atoms with Gasteiger partial charge in [-0.3, -0.25) is 9.59 Å². The fourth-order valence-electron chi connectivity index (χ4n) is 2.89. The van der Waals surface area contributed by atoms with Gasteiger partial charge in [-0.2, -0.15) is 0 Å². The predicted molar refractivity (Wildman–Crippen MR) is 85.2 cm³/mol. The highest BCUT2D eigenvalue weighted by atomic mass is 16.6. The van der Waals surface area contributed by atoms with Crippen molar-refractivity contribution in [1.82, 2.24) is 10.3 Å². The van der Waals surface area contributed by atoms with E-state index in [1.165, 1.54) is 13.2 Å². The molecule has 1 saturated heterocycles. The van der Waals surface area contributed by atoms with E-state index in [0.717, 1.165) is 6.08 Å². The number of pyridine rings is 1. The molecule has 3 atom stereocenters. The molecular weight excluding hydrogens is 328 g/mol. The average Bonchev–Trinajstić information content (AvgIpc) is 3.39. The van der Waals surface area contributed by atoms with Gasteiger partial charge in [0.2, 0.25) is 5.88 Å². The lowest BCUT2D eigenvalue weighted by atomic mass is 10.0. The maximum absolute atomic E-state index is 12.5. The van der Waals surface area contributed by atoms with E-state index in [2.05, 4.69) is 10.3 Å². The summed E-state index contributed by atoms with van der Waals surface area (Å²) in [7, 11) is 1.48. The Morgan fingerprint density at radius 3 is 2.96 bits per heavy atom. The molecule has 2 aromatic rings. The quantitative estimate of drug-likeness (QED) is 0.685. The van der Waals surface area contributed by atoms with Crippen LogP contribution in [0.15, 0.2) is 36.0 Å². The summed E-state index contributed by atoms with van der Waals surface area (Å²) >= 11 is 0. The molecule has 1 fully saturated rings. The molecule has 128 valence electrons. The molecule has 0 radical (unpaired) electrons. The summed E-state index contributed by atoms with van der Waals surface area (Å²) in [5.41, 5.74) is 0.374. The Labute approximate surface area is 141 Å². The Bertz CT molecular complexity index is 938. The first-order valence-corrected chi connectivity index (χ1v) is 7.56. The fraction of sp³-hybridized carbons (Fsp3) is 0.235. The maximum Gasteiger partial charge on any atom is 0.261 e. The van der Waals surface area contributed by atoms with Crippen molar-refractivity contribution in [3.63, 3.8) is 0 Å². The standard InChI is InChI=1S/C17H14N2O6/c1-24-11-4-2-3-7-5-8(17(23)19-12(7)11)16(22)18-9-6-10(20)14-15(25-14)13(9)21/h2-6,13-15,21H,1H3,(H,18,22)(H,19,23). The normalized spacial score (nSPS) is 24.5. The van der Waals surface area contributed by atoms with Crippen LogP contribution in [0.2, 0.25) is 0 Å². The molecule has 1 aromatic carbocycles. The molecule has 1 amide bonds. The largest absolute Gasteiger partial charge is 0.494 e. The lowest BCUT2D eigenvalue weighted by molar-refractivity contribution is -0.116. The minimum absolute atomic E-state index is 0.0406. The van der Waals surface area contributed by atoms with Gasteiger partial charge in [-0.15, -0.1) is 0 Å².